The number of carbonyl (C=O) groups excluding carboxylic acids is 1. The molecule has 0 saturated heterocycles. The molecule has 0 unspecified atom stereocenters. The number of hydrogen-bond acceptors (Lipinski definition) is 2. The monoisotopic (exact) mass is 236 g/mol. The van der Waals surface area contributed by atoms with Gasteiger partial charge in [-0.1, -0.05) is 29.8 Å². The first-order chi connectivity index (χ1) is 8.22. The SMILES string of the molecule is COCCNC(=O)NCCc1ccc(C)cc1. The average molecular weight is 236 g/mol. The topological polar surface area (TPSA) is 50.4 Å². The van der Waals surface area contributed by atoms with Crippen LogP contribution in [0.25, 0.3) is 0 Å². The molecule has 0 fully saturated rings. The molecule has 94 valence electrons. The normalized spacial score (nSPS) is 10.0. The Hall–Kier alpha value is -1.55. The molecule has 0 atom stereocenters. The zero-order valence-corrected chi connectivity index (χ0v) is 10.5. The van der Waals surface area contributed by atoms with Crippen molar-refractivity contribution in [2.75, 3.05) is 26.8 Å². The van der Waals surface area contributed by atoms with Crippen LogP contribution in [0.4, 0.5) is 4.79 Å². The molecular weight excluding hydrogens is 216 g/mol. The van der Waals surface area contributed by atoms with Gasteiger partial charge in [-0.2, -0.15) is 0 Å². The second-order valence-corrected chi connectivity index (χ2v) is 3.91. The quantitative estimate of drug-likeness (QED) is 0.735. The summed E-state index contributed by atoms with van der Waals surface area (Å²) in [5.41, 5.74) is 2.48. The van der Waals surface area contributed by atoms with E-state index in [0.29, 0.717) is 19.7 Å². The highest BCUT2D eigenvalue weighted by Crippen LogP contribution is 2.02. The highest BCUT2D eigenvalue weighted by Gasteiger charge is 1.98. The van der Waals surface area contributed by atoms with Crippen molar-refractivity contribution in [2.24, 2.45) is 0 Å². The van der Waals surface area contributed by atoms with Gasteiger partial charge in [0.05, 0.1) is 6.61 Å². The fourth-order valence-corrected chi connectivity index (χ4v) is 1.40. The maximum atomic E-state index is 11.3. The Balaban J connectivity index is 2.14. The van der Waals surface area contributed by atoms with Gasteiger partial charge < -0.3 is 15.4 Å². The van der Waals surface area contributed by atoms with Gasteiger partial charge in [-0.15, -0.1) is 0 Å². The molecule has 4 heteroatoms. The van der Waals surface area contributed by atoms with Gasteiger partial charge >= 0.3 is 6.03 Å². The van der Waals surface area contributed by atoms with Gasteiger partial charge in [0.15, 0.2) is 0 Å². The zero-order valence-electron chi connectivity index (χ0n) is 10.5. The minimum atomic E-state index is -0.144. The molecule has 2 amide bonds. The molecule has 4 nitrogen and oxygen atoms in total. The van der Waals surface area contributed by atoms with E-state index in [2.05, 4.69) is 41.8 Å². The zero-order chi connectivity index (χ0) is 12.5. The number of aryl methyl sites for hydroxylation is 1. The van der Waals surface area contributed by atoms with E-state index in [1.165, 1.54) is 11.1 Å². The number of nitrogens with one attached hydrogen (secondary N) is 2. The van der Waals surface area contributed by atoms with Crippen LogP contribution in [0.3, 0.4) is 0 Å². The van der Waals surface area contributed by atoms with E-state index in [1.54, 1.807) is 7.11 Å². The highest BCUT2D eigenvalue weighted by molar-refractivity contribution is 5.73. The molecule has 1 aromatic rings. The van der Waals surface area contributed by atoms with Gasteiger partial charge in [0.1, 0.15) is 0 Å². The molecule has 0 aromatic heterocycles. The molecule has 2 N–H and O–H groups in total. The number of amides is 2. The van der Waals surface area contributed by atoms with E-state index >= 15 is 0 Å². The van der Waals surface area contributed by atoms with Crippen LogP contribution in [0.5, 0.6) is 0 Å². The van der Waals surface area contributed by atoms with Crippen molar-refractivity contribution < 1.29 is 9.53 Å². The van der Waals surface area contributed by atoms with Crippen LogP contribution in [-0.2, 0) is 11.2 Å². The molecule has 17 heavy (non-hydrogen) atoms. The first-order valence-corrected chi connectivity index (χ1v) is 5.78. The lowest BCUT2D eigenvalue weighted by Crippen LogP contribution is -2.38. The lowest BCUT2D eigenvalue weighted by atomic mass is 10.1. The molecule has 0 aliphatic carbocycles. The third kappa shape index (κ3) is 5.92. The maximum Gasteiger partial charge on any atom is 0.314 e. The number of carbonyl (C=O) groups is 1. The van der Waals surface area contributed by atoms with Gasteiger partial charge in [0.25, 0.3) is 0 Å². The summed E-state index contributed by atoms with van der Waals surface area (Å²) < 4.78 is 4.83. The largest absolute Gasteiger partial charge is 0.383 e. The summed E-state index contributed by atoms with van der Waals surface area (Å²) >= 11 is 0. The summed E-state index contributed by atoms with van der Waals surface area (Å²) in [6, 6.07) is 8.18. The molecule has 0 saturated carbocycles. The van der Waals surface area contributed by atoms with Crippen molar-refractivity contribution in [3.8, 4) is 0 Å². The molecule has 0 aliphatic rings. The minimum Gasteiger partial charge on any atom is -0.383 e. The number of methoxy groups -OCH3 is 1. The molecule has 1 rings (SSSR count). The predicted molar refractivity (Wildman–Crippen MR) is 68.2 cm³/mol. The maximum absolute atomic E-state index is 11.3. The predicted octanol–water partition coefficient (Wildman–Crippen LogP) is 1.48. The van der Waals surface area contributed by atoms with E-state index in [-0.39, 0.29) is 6.03 Å². The third-order valence-corrected chi connectivity index (χ3v) is 2.41. The second kappa shape index (κ2) is 7.68. The van der Waals surface area contributed by atoms with E-state index in [9.17, 15) is 4.79 Å². The van der Waals surface area contributed by atoms with Crippen LogP contribution in [-0.4, -0.2) is 32.8 Å². The number of benzene rings is 1. The van der Waals surface area contributed by atoms with Crippen molar-refractivity contribution >= 4 is 6.03 Å². The first-order valence-electron chi connectivity index (χ1n) is 5.78. The van der Waals surface area contributed by atoms with Gasteiger partial charge in [0, 0.05) is 20.2 Å². The number of urea groups is 1. The number of hydrogen-bond donors (Lipinski definition) is 2. The molecular formula is C13H20N2O2. The molecule has 1 aromatic carbocycles. The van der Waals surface area contributed by atoms with Crippen molar-refractivity contribution in [2.45, 2.75) is 13.3 Å². The fraction of sp³-hybridized carbons (Fsp3) is 0.462. The van der Waals surface area contributed by atoms with Crippen LogP contribution in [0, 0.1) is 6.92 Å². The third-order valence-electron chi connectivity index (χ3n) is 2.41. The van der Waals surface area contributed by atoms with Crippen molar-refractivity contribution in [1.82, 2.24) is 10.6 Å². The fourth-order valence-electron chi connectivity index (χ4n) is 1.40. The Kier molecular flexibility index (Phi) is 6.10. The van der Waals surface area contributed by atoms with E-state index in [1.807, 2.05) is 0 Å². The molecule has 0 heterocycles. The Bertz CT molecular complexity index is 336. The summed E-state index contributed by atoms with van der Waals surface area (Å²) in [6.45, 7) is 3.77. The first kappa shape index (κ1) is 13.5. The summed E-state index contributed by atoms with van der Waals surface area (Å²) in [6.07, 6.45) is 0.845. The Morgan fingerprint density at radius 1 is 1.18 bits per heavy atom. The highest BCUT2D eigenvalue weighted by atomic mass is 16.5. The van der Waals surface area contributed by atoms with Gasteiger partial charge in [0.2, 0.25) is 0 Å². The van der Waals surface area contributed by atoms with E-state index < -0.39 is 0 Å². The minimum absolute atomic E-state index is 0.144. The summed E-state index contributed by atoms with van der Waals surface area (Å²) in [5.74, 6) is 0. The average Bonchev–Trinajstić information content (AvgIpc) is 2.32. The van der Waals surface area contributed by atoms with Crippen LogP contribution < -0.4 is 10.6 Å². The molecule has 0 aliphatic heterocycles. The Morgan fingerprint density at radius 2 is 1.82 bits per heavy atom. The molecule has 0 spiro atoms. The standard InChI is InChI=1S/C13H20N2O2/c1-11-3-5-12(6-4-11)7-8-14-13(16)15-9-10-17-2/h3-6H,7-10H2,1-2H3,(H2,14,15,16). The Morgan fingerprint density at radius 3 is 2.47 bits per heavy atom. The van der Waals surface area contributed by atoms with Crippen LogP contribution >= 0.6 is 0 Å². The van der Waals surface area contributed by atoms with Crippen molar-refractivity contribution in [1.29, 1.82) is 0 Å². The Labute approximate surface area is 102 Å². The smallest absolute Gasteiger partial charge is 0.314 e. The van der Waals surface area contributed by atoms with E-state index in [0.717, 1.165) is 6.42 Å². The summed E-state index contributed by atoms with van der Waals surface area (Å²) in [4.78, 5) is 11.3. The van der Waals surface area contributed by atoms with Gasteiger partial charge in [-0.3, -0.25) is 0 Å². The van der Waals surface area contributed by atoms with Crippen LogP contribution in [0.15, 0.2) is 24.3 Å². The summed E-state index contributed by atoms with van der Waals surface area (Å²) in [5, 5.41) is 5.50. The lowest BCUT2D eigenvalue weighted by molar-refractivity contribution is 0.196. The molecule has 0 radical (unpaired) electrons. The number of rotatable bonds is 6. The summed E-state index contributed by atoms with van der Waals surface area (Å²) in [7, 11) is 1.61. The van der Waals surface area contributed by atoms with Crippen molar-refractivity contribution in [3.05, 3.63) is 35.4 Å². The van der Waals surface area contributed by atoms with Crippen LogP contribution in [0.1, 0.15) is 11.1 Å². The number of ether oxygens (including phenoxy) is 1. The van der Waals surface area contributed by atoms with E-state index in [4.69, 9.17) is 4.74 Å². The van der Waals surface area contributed by atoms with Crippen molar-refractivity contribution in [3.63, 3.8) is 0 Å². The van der Waals surface area contributed by atoms with Gasteiger partial charge in [-0.05, 0) is 18.9 Å². The molecule has 0 bridgehead atoms. The van der Waals surface area contributed by atoms with Crippen LogP contribution in [0.2, 0.25) is 0 Å². The van der Waals surface area contributed by atoms with Gasteiger partial charge in [-0.25, -0.2) is 4.79 Å². The second-order valence-electron chi connectivity index (χ2n) is 3.91. The lowest BCUT2D eigenvalue weighted by Gasteiger charge is -2.07.